The highest BCUT2D eigenvalue weighted by molar-refractivity contribution is 5.35. The second-order valence-electron chi connectivity index (χ2n) is 5.49. The van der Waals surface area contributed by atoms with Crippen LogP contribution in [-0.4, -0.2) is 0 Å². The molecular formula is C19H19FO. The van der Waals surface area contributed by atoms with Gasteiger partial charge in [-0.05, 0) is 47.2 Å². The van der Waals surface area contributed by atoms with Gasteiger partial charge in [0.15, 0.2) is 0 Å². The Morgan fingerprint density at radius 2 is 1.95 bits per heavy atom. The maximum atomic E-state index is 13.0. The predicted molar refractivity (Wildman–Crippen MR) is 82.6 cm³/mol. The number of aryl methyl sites for hydroxylation is 1. The molecule has 0 radical (unpaired) electrons. The molecule has 2 aromatic carbocycles. The Labute approximate surface area is 125 Å². The Kier molecular flexibility index (Phi) is 4.16. The van der Waals surface area contributed by atoms with E-state index in [1.165, 1.54) is 28.8 Å². The van der Waals surface area contributed by atoms with Gasteiger partial charge in [-0.15, -0.1) is 6.58 Å². The molecule has 0 saturated carbocycles. The third-order valence-electron chi connectivity index (χ3n) is 3.99. The number of hydrogen-bond donors (Lipinski definition) is 0. The van der Waals surface area contributed by atoms with Gasteiger partial charge in [-0.1, -0.05) is 36.4 Å². The minimum Gasteiger partial charge on any atom is -0.368 e. The van der Waals surface area contributed by atoms with Crippen LogP contribution in [0.5, 0.6) is 0 Å². The highest BCUT2D eigenvalue weighted by Gasteiger charge is 2.20. The fourth-order valence-corrected chi connectivity index (χ4v) is 2.78. The Hall–Kier alpha value is -1.93. The fourth-order valence-electron chi connectivity index (χ4n) is 2.78. The zero-order chi connectivity index (χ0) is 14.7. The van der Waals surface area contributed by atoms with Gasteiger partial charge in [-0.25, -0.2) is 4.39 Å². The zero-order valence-electron chi connectivity index (χ0n) is 12.0. The molecule has 0 saturated heterocycles. The Balaban J connectivity index is 1.76. The monoisotopic (exact) mass is 282 g/mol. The Morgan fingerprint density at radius 1 is 1.14 bits per heavy atom. The molecule has 1 unspecified atom stereocenters. The largest absolute Gasteiger partial charge is 0.368 e. The van der Waals surface area contributed by atoms with Crippen LogP contribution < -0.4 is 0 Å². The van der Waals surface area contributed by atoms with Crippen molar-refractivity contribution in [2.75, 3.05) is 0 Å². The summed E-state index contributed by atoms with van der Waals surface area (Å²) in [5.74, 6) is -0.207. The molecule has 21 heavy (non-hydrogen) atoms. The van der Waals surface area contributed by atoms with Crippen molar-refractivity contribution >= 4 is 0 Å². The third-order valence-corrected chi connectivity index (χ3v) is 3.99. The van der Waals surface area contributed by atoms with Gasteiger partial charge in [0.05, 0.1) is 12.7 Å². The number of hydrogen-bond acceptors (Lipinski definition) is 1. The molecule has 0 aliphatic carbocycles. The summed E-state index contributed by atoms with van der Waals surface area (Å²) in [6.45, 7) is 4.39. The highest BCUT2D eigenvalue weighted by Crippen LogP contribution is 2.31. The second-order valence-corrected chi connectivity index (χ2v) is 5.49. The van der Waals surface area contributed by atoms with Crippen LogP contribution in [-0.2, 0) is 24.2 Å². The quantitative estimate of drug-likeness (QED) is 0.735. The van der Waals surface area contributed by atoms with Crippen LogP contribution in [0.25, 0.3) is 0 Å². The first-order valence-corrected chi connectivity index (χ1v) is 7.35. The fraction of sp³-hybridized carbons (Fsp3) is 0.263. The molecule has 0 N–H and O–H groups in total. The maximum Gasteiger partial charge on any atom is 0.123 e. The Bertz CT molecular complexity index is 631. The lowest BCUT2D eigenvalue weighted by atomic mass is 9.93. The van der Waals surface area contributed by atoms with Gasteiger partial charge < -0.3 is 4.74 Å². The van der Waals surface area contributed by atoms with Crippen molar-refractivity contribution in [1.29, 1.82) is 0 Å². The lowest BCUT2D eigenvalue weighted by Gasteiger charge is -2.26. The molecule has 0 fully saturated rings. The van der Waals surface area contributed by atoms with Gasteiger partial charge >= 0.3 is 0 Å². The summed E-state index contributed by atoms with van der Waals surface area (Å²) in [6, 6.07) is 13.2. The number of allylic oxidation sites excluding steroid dienone is 1. The molecule has 0 spiro atoms. The van der Waals surface area contributed by atoms with E-state index in [-0.39, 0.29) is 11.9 Å². The van der Waals surface area contributed by atoms with E-state index in [0.29, 0.717) is 6.61 Å². The molecule has 1 atom stereocenters. The lowest BCUT2D eigenvalue weighted by molar-refractivity contribution is 0.0273. The van der Waals surface area contributed by atoms with Gasteiger partial charge in [0.2, 0.25) is 0 Å². The number of benzene rings is 2. The molecule has 0 bridgehead atoms. The summed E-state index contributed by atoms with van der Waals surface area (Å²) < 4.78 is 18.9. The number of ether oxygens (including phenoxy) is 1. The van der Waals surface area contributed by atoms with E-state index in [0.717, 1.165) is 24.8 Å². The predicted octanol–water partition coefficient (Wildman–Crippen LogP) is 4.76. The molecule has 1 aliphatic rings. The third kappa shape index (κ3) is 3.22. The minimum atomic E-state index is -0.207. The van der Waals surface area contributed by atoms with Gasteiger partial charge in [0.25, 0.3) is 0 Å². The van der Waals surface area contributed by atoms with E-state index in [1.807, 2.05) is 18.2 Å². The van der Waals surface area contributed by atoms with Crippen molar-refractivity contribution in [2.24, 2.45) is 0 Å². The summed E-state index contributed by atoms with van der Waals surface area (Å²) in [5.41, 5.74) is 4.98. The van der Waals surface area contributed by atoms with E-state index < -0.39 is 0 Å². The van der Waals surface area contributed by atoms with Crippen LogP contribution >= 0.6 is 0 Å². The van der Waals surface area contributed by atoms with E-state index in [1.54, 1.807) is 0 Å². The van der Waals surface area contributed by atoms with Crippen molar-refractivity contribution < 1.29 is 9.13 Å². The molecule has 1 nitrogen and oxygen atoms in total. The molecule has 1 aliphatic heterocycles. The summed E-state index contributed by atoms with van der Waals surface area (Å²) in [6.07, 6.45) is 4.84. The molecule has 2 aromatic rings. The number of fused-ring (bicyclic) bond motifs is 1. The smallest absolute Gasteiger partial charge is 0.123 e. The Morgan fingerprint density at radius 3 is 2.71 bits per heavy atom. The van der Waals surface area contributed by atoms with Crippen LogP contribution in [0.4, 0.5) is 4.39 Å². The van der Waals surface area contributed by atoms with Gasteiger partial charge in [0, 0.05) is 6.42 Å². The van der Waals surface area contributed by atoms with Gasteiger partial charge in [-0.2, -0.15) is 0 Å². The van der Waals surface area contributed by atoms with Crippen LogP contribution in [0.1, 0.15) is 34.8 Å². The SMILES string of the molecule is C=CCCc1ccc2c(c1)COC(c1ccc(F)cc1)C2. The van der Waals surface area contributed by atoms with Crippen molar-refractivity contribution in [3.63, 3.8) is 0 Å². The van der Waals surface area contributed by atoms with Crippen LogP contribution in [0.3, 0.4) is 0 Å². The van der Waals surface area contributed by atoms with Crippen molar-refractivity contribution in [2.45, 2.75) is 32.0 Å². The normalized spacial score (nSPS) is 17.3. The first kappa shape index (κ1) is 14.0. The number of halogens is 1. The average Bonchev–Trinajstić information content (AvgIpc) is 2.53. The highest BCUT2D eigenvalue weighted by atomic mass is 19.1. The summed E-state index contributed by atoms with van der Waals surface area (Å²) >= 11 is 0. The minimum absolute atomic E-state index is 0.0251. The number of rotatable bonds is 4. The van der Waals surface area contributed by atoms with Crippen LogP contribution in [0.2, 0.25) is 0 Å². The van der Waals surface area contributed by atoms with Crippen LogP contribution in [0.15, 0.2) is 55.1 Å². The molecule has 0 amide bonds. The lowest BCUT2D eigenvalue weighted by Crippen LogP contribution is -2.15. The van der Waals surface area contributed by atoms with Gasteiger partial charge in [0.1, 0.15) is 5.82 Å². The maximum absolute atomic E-state index is 13.0. The molecule has 108 valence electrons. The molecule has 1 heterocycles. The van der Waals surface area contributed by atoms with Crippen LogP contribution in [0, 0.1) is 5.82 Å². The first-order chi connectivity index (χ1) is 10.3. The molecule has 2 heteroatoms. The summed E-state index contributed by atoms with van der Waals surface area (Å²) in [5, 5.41) is 0. The van der Waals surface area contributed by atoms with Crippen molar-refractivity contribution in [3.05, 3.63) is 83.2 Å². The topological polar surface area (TPSA) is 9.23 Å². The standard InChI is InChI=1S/C19H19FO/c1-2-3-4-14-5-6-16-12-19(21-13-17(16)11-14)15-7-9-18(20)10-8-15/h2,5-11,19H,1,3-4,12-13H2. The summed E-state index contributed by atoms with van der Waals surface area (Å²) in [7, 11) is 0. The van der Waals surface area contributed by atoms with Crippen molar-refractivity contribution in [3.8, 4) is 0 Å². The first-order valence-electron chi connectivity index (χ1n) is 7.35. The molecular weight excluding hydrogens is 263 g/mol. The van der Waals surface area contributed by atoms with E-state index >= 15 is 0 Å². The van der Waals surface area contributed by atoms with E-state index in [4.69, 9.17) is 4.74 Å². The van der Waals surface area contributed by atoms with Crippen molar-refractivity contribution in [1.82, 2.24) is 0 Å². The summed E-state index contributed by atoms with van der Waals surface area (Å²) in [4.78, 5) is 0. The van der Waals surface area contributed by atoms with Gasteiger partial charge in [-0.3, -0.25) is 0 Å². The molecule has 3 rings (SSSR count). The average molecular weight is 282 g/mol. The van der Waals surface area contributed by atoms with E-state index in [2.05, 4.69) is 24.8 Å². The second kappa shape index (κ2) is 6.23. The zero-order valence-corrected chi connectivity index (χ0v) is 12.0. The van der Waals surface area contributed by atoms with E-state index in [9.17, 15) is 4.39 Å². The molecule has 0 aromatic heterocycles.